The lowest BCUT2D eigenvalue weighted by Crippen LogP contribution is -2.48. The van der Waals surface area contributed by atoms with Gasteiger partial charge in [-0.2, -0.15) is 13.2 Å². The molecule has 1 amide bonds. The predicted octanol–water partition coefficient (Wildman–Crippen LogP) is 2.92. The minimum Gasteiger partial charge on any atom is -0.481 e. The molecule has 0 aromatic rings. The summed E-state index contributed by atoms with van der Waals surface area (Å²) in [5.74, 6) is -3.70. The Morgan fingerprint density at radius 2 is 1.86 bits per heavy atom. The Kier molecular flexibility index (Phi) is 5.02. The number of aliphatic carboxylic acids is 1. The van der Waals surface area contributed by atoms with Crippen LogP contribution < -0.4 is 0 Å². The van der Waals surface area contributed by atoms with Crippen molar-refractivity contribution in [3.63, 3.8) is 0 Å². The molecule has 1 aliphatic heterocycles. The Balaban J connectivity index is 1.96. The van der Waals surface area contributed by atoms with Crippen LogP contribution in [0.15, 0.2) is 0 Å². The highest BCUT2D eigenvalue weighted by molar-refractivity contribution is 5.79. The molecular formula is C15H22F3NO3. The van der Waals surface area contributed by atoms with Crippen molar-refractivity contribution in [2.75, 3.05) is 13.1 Å². The van der Waals surface area contributed by atoms with E-state index in [0.717, 1.165) is 0 Å². The first-order valence-corrected chi connectivity index (χ1v) is 7.78. The lowest BCUT2D eigenvalue weighted by atomic mass is 9.79. The van der Waals surface area contributed by atoms with Crippen molar-refractivity contribution < 1.29 is 27.9 Å². The molecule has 0 bridgehead atoms. The monoisotopic (exact) mass is 321 g/mol. The number of carbonyl (C=O) groups is 2. The second kappa shape index (κ2) is 6.46. The quantitative estimate of drug-likeness (QED) is 0.851. The predicted molar refractivity (Wildman–Crippen MR) is 73.0 cm³/mol. The van der Waals surface area contributed by atoms with E-state index in [1.54, 1.807) is 11.8 Å². The summed E-state index contributed by atoms with van der Waals surface area (Å²) in [7, 11) is 0. The number of alkyl halides is 3. The molecule has 1 heterocycles. The third kappa shape index (κ3) is 3.73. The van der Waals surface area contributed by atoms with E-state index in [0.29, 0.717) is 32.4 Å². The topological polar surface area (TPSA) is 57.6 Å². The number of nitrogens with zero attached hydrogens (tertiary/aromatic N) is 1. The first-order chi connectivity index (χ1) is 10.2. The fraction of sp³-hybridized carbons (Fsp3) is 0.867. The second-order valence-corrected chi connectivity index (χ2v) is 6.60. The Bertz CT molecular complexity index is 438. The summed E-state index contributed by atoms with van der Waals surface area (Å²) in [6.07, 6.45) is -2.97. The molecule has 0 radical (unpaired) electrons. The number of amides is 1. The maximum atomic E-state index is 12.8. The molecule has 0 aromatic carbocycles. The van der Waals surface area contributed by atoms with Gasteiger partial charge in [0.25, 0.3) is 0 Å². The molecule has 2 aliphatic rings. The summed E-state index contributed by atoms with van der Waals surface area (Å²) in [5, 5.41) is 9.08. The zero-order valence-corrected chi connectivity index (χ0v) is 12.6. The van der Waals surface area contributed by atoms with Crippen LogP contribution in [0.2, 0.25) is 0 Å². The molecule has 1 saturated heterocycles. The number of halogens is 3. The SMILES string of the molecule is C[C@@H]1CN(C(=O)C2CCCC(C(F)(F)F)C2)CC[C@@H]1C(=O)O. The third-order valence-electron chi connectivity index (χ3n) is 5.02. The maximum Gasteiger partial charge on any atom is 0.391 e. The molecule has 4 nitrogen and oxygen atoms in total. The number of hydrogen-bond acceptors (Lipinski definition) is 2. The van der Waals surface area contributed by atoms with Gasteiger partial charge in [-0.05, 0) is 31.6 Å². The molecule has 1 saturated carbocycles. The Labute approximate surface area is 127 Å². The second-order valence-electron chi connectivity index (χ2n) is 6.60. The number of carboxylic acid groups (broad SMARTS) is 1. The normalized spacial score (nSPS) is 33.5. The molecule has 2 fully saturated rings. The molecule has 22 heavy (non-hydrogen) atoms. The van der Waals surface area contributed by atoms with E-state index in [9.17, 15) is 22.8 Å². The zero-order valence-electron chi connectivity index (χ0n) is 12.6. The smallest absolute Gasteiger partial charge is 0.391 e. The van der Waals surface area contributed by atoms with Crippen molar-refractivity contribution in [1.82, 2.24) is 4.90 Å². The van der Waals surface area contributed by atoms with Crippen molar-refractivity contribution in [3.8, 4) is 0 Å². The number of likely N-dealkylation sites (tertiary alicyclic amines) is 1. The van der Waals surface area contributed by atoms with Crippen molar-refractivity contribution in [2.24, 2.45) is 23.7 Å². The molecule has 1 aliphatic carbocycles. The molecule has 7 heteroatoms. The summed E-state index contributed by atoms with van der Waals surface area (Å²) in [5.41, 5.74) is 0. The van der Waals surface area contributed by atoms with Gasteiger partial charge in [0.2, 0.25) is 5.91 Å². The van der Waals surface area contributed by atoms with Gasteiger partial charge in [-0.15, -0.1) is 0 Å². The van der Waals surface area contributed by atoms with Gasteiger partial charge in [0.1, 0.15) is 0 Å². The highest BCUT2D eigenvalue weighted by atomic mass is 19.4. The van der Waals surface area contributed by atoms with Crippen LogP contribution in [0.25, 0.3) is 0 Å². The molecule has 4 atom stereocenters. The first-order valence-electron chi connectivity index (χ1n) is 7.78. The van der Waals surface area contributed by atoms with E-state index in [1.165, 1.54) is 0 Å². The summed E-state index contributed by atoms with van der Waals surface area (Å²) in [4.78, 5) is 25.1. The van der Waals surface area contributed by atoms with E-state index >= 15 is 0 Å². The van der Waals surface area contributed by atoms with Gasteiger partial charge >= 0.3 is 12.1 Å². The van der Waals surface area contributed by atoms with Gasteiger partial charge < -0.3 is 10.0 Å². The van der Waals surface area contributed by atoms with Crippen LogP contribution in [0.4, 0.5) is 13.2 Å². The fourth-order valence-corrected chi connectivity index (χ4v) is 3.68. The van der Waals surface area contributed by atoms with E-state index in [4.69, 9.17) is 5.11 Å². The number of carboxylic acids is 1. The molecule has 2 unspecified atom stereocenters. The molecule has 1 N–H and O–H groups in total. The minimum absolute atomic E-state index is 0.102. The third-order valence-corrected chi connectivity index (χ3v) is 5.02. The Morgan fingerprint density at radius 3 is 2.41 bits per heavy atom. The van der Waals surface area contributed by atoms with Crippen molar-refractivity contribution in [1.29, 1.82) is 0 Å². The first kappa shape index (κ1) is 17.1. The molecule has 2 rings (SSSR count). The van der Waals surface area contributed by atoms with Crippen LogP contribution in [0.5, 0.6) is 0 Å². The van der Waals surface area contributed by atoms with Crippen LogP contribution >= 0.6 is 0 Å². The number of carbonyl (C=O) groups excluding carboxylic acids is 1. The molecule has 0 spiro atoms. The van der Waals surface area contributed by atoms with Gasteiger partial charge in [0.05, 0.1) is 11.8 Å². The molecule has 0 aromatic heterocycles. The minimum atomic E-state index is -4.23. The highest BCUT2D eigenvalue weighted by Crippen LogP contribution is 2.40. The van der Waals surface area contributed by atoms with Crippen molar-refractivity contribution in [3.05, 3.63) is 0 Å². The van der Waals surface area contributed by atoms with Crippen LogP contribution in [0.3, 0.4) is 0 Å². The number of hydrogen-bond donors (Lipinski definition) is 1. The number of piperidine rings is 1. The Hall–Kier alpha value is -1.27. The van der Waals surface area contributed by atoms with E-state index in [1.807, 2.05) is 0 Å². The van der Waals surface area contributed by atoms with Gasteiger partial charge in [0, 0.05) is 19.0 Å². The van der Waals surface area contributed by atoms with Crippen molar-refractivity contribution >= 4 is 11.9 Å². The van der Waals surface area contributed by atoms with Crippen LogP contribution in [-0.4, -0.2) is 41.1 Å². The van der Waals surface area contributed by atoms with E-state index < -0.39 is 29.9 Å². The summed E-state index contributed by atoms with van der Waals surface area (Å²) >= 11 is 0. The van der Waals surface area contributed by atoms with Gasteiger partial charge in [-0.1, -0.05) is 13.3 Å². The maximum absolute atomic E-state index is 12.8. The van der Waals surface area contributed by atoms with Crippen LogP contribution in [0.1, 0.15) is 39.0 Å². The zero-order chi connectivity index (χ0) is 16.5. The molecule has 126 valence electrons. The lowest BCUT2D eigenvalue weighted by molar-refractivity contribution is -0.187. The lowest BCUT2D eigenvalue weighted by Gasteiger charge is -2.38. The van der Waals surface area contributed by atoms with E-state index in [2.05, 4.69) is 0 Å². The van der Waals surface area contributed by atoms with Crippen molar-refractivity contribution in [2.45, 2.75) is 45.2 Å². The van der Waals surface area contributed by atoms with Gasteiger partial charge in [-0.25, -0.2) is 0 Å². The summed E-state index contributed by atoms with van der Waals surface area (Å²) in [6.45, 7) is 2.42. The summed E-state index contributed by atoms with van der Waals surface area (Å²) in [6, 6.07) is 0. The fourth-order valence-electron chi connectivity index (χ4n) is 3.68. The average molecular weight is 321 g/mol. The largest absolute Gasteiger partial charge is 0.481 e. The van der Waals surface area contributed by atoms with Crippen LogP contribution in [-0.2, 0) is 9.59 Å². The summed E-state index contributed by atoms with van der Waals surface area (Å²) < 4.78 is 38.5. The highest BCUT2D eigenvalue weighted by Gasteiger charge is 2.45. The molecular weight excluding hydrogens is 299 g/mol. The Morgan fingerprint density at radius 1 is 1.18 bits per heavy atom. The number of rotatable bonds is 2. The average Bonchev–Trinajstić information content (AvgIpc) is 2.45. The van der Waals surface area contributed by atoms with Gasteiger partial charge in [0.15, 0.2) is 0 Å². The van der Waals surface area contributed by atoms with Crippen LogP contribution in [0, 0.1) is 23.7 Å². The standard InChI is InChI=1S/C15H22F3NO3/c1-9-8-19(6-5-12(9)14(21)22)13(20)10-3-2-4-11(7-10)15(16,17)18/h9-12H,2-8H2,1H3,(H,21,22)/t9-,10?,11?,12+/m1/s1. The van der Waals surface area contributed by atoms with Gasteiger partial charge in [-0.3, -0.25) is 9.59 Å². The van der Waals surface area contributed by atoms with E-state index in [-0.39, 0.29) is 24.7 Å².